The zero-order valence-electron chi connectivity index (χ0n) is 9.34. The van der Waals surface area contributed by atoms with E-state index in [9.17, 15) is 4.79 Å². The zero-order chi connectivity index (χ0) is 12.2. The topological polar surface area (TPSA) is 47.6 Å². The summed E-state index contributed by atoms with van der Waals surface area (Å²) in [5.74, 6) is -0.371. The standard InChI is InChI=1S/C14H9NO3/c16-13-14(18-17-13)9-5-1-3-7-11(9)15-12-8-4-2-6-10(12)14/h1-8,15H. The molecule has 0 radical (unpaired) electrons. The van der Waals surface area contributed by atoms with Gasteiger partial charge >= 0.3 is 5.97 Å². The fourth-order valence-corrected chi connectivity index (χ4v) is 2.56. The number of rotatable bonds is 0. The predicted molar refractivity (Wildman–Crippen MR) is 64.1 cm³/mol. The number of benzene rings is 2. The van der Waals surface area contributed by atoms with E-state index in [0.717, 1.165) is 22.5 Å². The van der Waals surface area contributed by atoms with E-state index in [-0.39, 0.29) is 5.97 Å². The molecule has 0 unspecified atom stereocenters. The average molecular weight is 239 g/mol. The summed E-state index contributed by atoms with van der Waals surface area (Å²) in [5, 5.41) is 3.30. The van der Waals surface area contributed by atoms with E-state index in [1.165, 1.54) is 0 Å². The second-order valence-electron chi connectivity index (χ2n) is 4.35. The smallest absolute Gasteiger partial charge is 0.355 e. The first-order chi connectivity index (χ1) is 8.82. The molecule has 0 amide bonds. The van der Waals surface area contributed by atoms with Crippen LogP contribution in [0.1, 0.15) is 11.1 Å². The van der Waals surface area contributed by atoms with Crippen LogP contribution in [0.15, 0.2) is 48.5 Å². The molecule has 0 atom stereocenters. The molecule has 88 valence electrons. The fraction of sp³-hybridized carbons (Fsp3) is 0.0714. The van der Waals surface area contributed by atoms with Crippen LogP contribution in [0.25, 0.3) is 0 Å². The number of para-hydroxylation sites is 2. The number of hydrogen-bond acceptors (Lipinski definition) is 4. The Bertz CT molecular complexity index is 620. The number of nitrogens with one attached hydrogen (secondary N) is 1. The van der Waals surface area contributed by atoms with E-state index in [0.29, 0.717) is 0 Å². The molecule has 0 bridgehead atoms. The number of carbonyl (C=O) groups is 1. The second-order valence-corrected chi connectivity index (χ2v) is 4.35. The van der Waals surface area contributed by atoms with E-state index < -0.39 is 5.60 Å². The van der Waals surface area contributed by atoms with Crippen LogP contribution < -0.4 is 5.32 Å². The molecule has 4 nitrogen and oxygen atoms in total. The van der Waals surface area contributed by atoms with Gasteiger partial charge in [-0.1, -0.05) is 36.4 Å². The molecule has 2 heterocycles. The summed E-state index contributed by atoms with van der Waals surface area (Å²) >= 11 is 0. The van der Waals surface area contributed by atoms with Gasteiger partial charge in [-0.3, -0.25) is 4.89 Å². The average Bonchev–Trinajstić information content (AvgIpc) is 2.43. The van der Waals surface area contributed by atoms with Crippen LogP contribution in [-0.4, -0.2) is 5.97 Å². The van der Waals surface area contributed by atoms with Crippen molar-refractivity contribution in [2.45, 2.75) is 5.60 Å². The maximum atomic E-state index is 12.0. The molecular weight excluding hydrogens is 230 g/mol. The van der Waals surface area contributed by atoms with Gasteiger partial charge in [0.1, 0.15) is 0 Å². The lowest BCUT2D eigenvalue weighted by Gasteiger charge is -2.41. The number of fused-ring (bicyclic) bond motifs is 4. The molecule has 4 heteroatoms. The van der Waals surface area contributed by atoms with Crippen LogP contribution in [0.5, 0.6) is 0 Å². The molecular formula is C14H9NO3. The molecule has 1 spiro atoms. The number of anilines is 2. The van der Waals surface area contributed by atoms with Crippen LogP contribution in [0, 0.1) is 0 Å². The minimum absolute atomic E-state index is 0.371. The van der Waals surface area contributed by atoms with Gasteiger partial charge in [-0.25, -0.2) is 4.79 Å². The molecule has 2 aromatic rings. The third-order valence-electron chi connectivity index (χ3n) is 3.41. The molecule has 0 saturated carbocycles. The van der Waals surface area contributed by atoms with Crippen molar-refractivity contribution in [2.75, 3.05) is 5.32 Å². The van der Waals surface area contributed by atoms with Crippen LogP contribution >= 0.6 is 0 Å². The molecule has 0 aromatic heterocycles. The van der Waals surface area contributed by atoms with Gasteiger partial charge in [0, 0.05) is 22.5 Å². The Morgan fingerprint density at radius 2 is 1.44 bits per heavy atom. The van der Waals surface area contributed by atoms with Crippen LogP contribution in [0.3, 0.4) is 0 Å². The van der Waals surface area contributed by atoms with Gasteiger partial charge in [0.2, 0.25) is 0 Å². The Morgan fingerprint density at radius 1 is 0.889 bits per heavy atom. The molecule has 18 heavy (non-hydrogen) atoms. The second kappa shape index (κ2) is 3.11. The van der Waals surface area contributed by atoms with Crippen LogP contribution in [-0.2, 0) is 20.2 Å². The predicted octanol–water partition coefficient (Wildman–Crippen LogP) is 2.48. The largest absolute Gasteiger partial charge is 0.387 e. The number of carbonyl (C=O) groups excluding carboxylic acids is 1. The van der Waals surface area contributed by atoms with Gasteiger partial charge in [0.25, 0.3) is 5.60 Å². The van der Waals surface area contributed by atoms with Crippen molar-refractivity contribution in [1.29, 1.82) is 0 Å². The highest BCUT2D eigenvalue weighted by molar-refractivity contribution is 5.95. The minimum Gasteiger partial charge on any atom is -0.355 e. The quantitative estimate of drug-likeness (QED) is 0.717. The summed E-state index contributed by atoms with van der Waals surface area (Å²) in [6.45, 7) is 0. The summed E-state index contributed by atoms with van der Waals surface area (Å²) in [5.41, 5.74) is 2.22. The zero-order valence-corrected chi connectivity index (χ0v) is 9.34. The number of hydrogen-bond donors (Lipinski definition) is 1. The molecule has 2 aliphatic rings. The molecule has 0 aliphatic carbocycles. The van der Waals surface area contributed by atoms with Gasteiger partial charge in [-0.15, -0.1) is 0 Å². The maximum absolute atomic E-state index is 12.0. The SMILES string of the molecule is O=C1OOC12c1ccccc1Nc1ccccc12. The lowest BCUT2D eigenvalue weighted by atomic mass is 9.81. The summed E-state index contributed by atoms with van der Waals surface area (Å²) in [4.78, 5) is 21.8. The van der Waals surface area contributed by atoms with Gasteiger partial charge < -0.3 is 5.32 Å². The summed E-state index contributed by atoms with van der Waals surface area (Å²) in [6, 6.07) is 15.2. The Hall–Kier alpha value is -2.33. The third-order valence-corrected chi connectivity index (χ3v) is 3.41. The van der Waals surface area contributed by atoms with Crippen molar-refractivity contribution in [3.63, 3.8) is 0 Å². The highest BCUT2D eigenvalue weighted by Crippen LogP contribution is 2.51. The van der Waals surface area contributed by atoms with Crippen molar-refractivity contribution < 1.29 is 14.6 Å². The lowest BCUT2D eigenvalue weighted by Crippen LogP contribution is -2.52. The van der Waals surface area contributed by atoms with Gasteiger partial charge in [0.15, 0.2) is 0 Å². The Labute approximate surface area is 103 Å². The first-order valence-electron chi connectivity index (χ1n) is 5.68. The highest BCUT2D eigenvalue weighted by Gasteiger charge is 2.59. The van der Waals surface area contributed by atoms with E-state index in [1.54, 1.807) is 0 Å². The van der Waals surface area contributed by atoms with Crippen molar-refractivity contribution in [3.05, 3.63) is 59.7 Å². The maximum Gasteiger partial charge on any atom is 0.387 e. The summed E-state index contributed by atoms with van der Waals surface area (Å²) in [7, 11) is 0. The minimum atomic E-state index is -1.10. The van der Waals surface area contributed by atoms with E-state index in [2.05, 4.69) is 10.2 Å². The van der Waals surface area contributed by atoms with Gasteiger partial charge in [-0.2, -0.15) is 4.89 Å². The van der Waals surface area contributed by atoms with Gasteiger partial charge in [0.05, 0.1) is 0 Å². The normalized spacial score (nSPS) is 18.1. The van der Waals surface area contributed by atoms with Crippen molar-refractivity contribution in [2.24, 2.45) is 0 Å². The lowest BCUT2D eigenvalue weighted by molar-refractivity contribution is -0.395. The highest BCUT2D eigenvalue weighted by atomic mass is 17.3. The van der Waals surface area contributed by atoms with Crippen molar-refractivity contribution in [1.82, 2.24) is 0 Å². The molecule has 4 rings (SSSR count). The Morgan fingerprint density at radius 3 is 1.89 bits per heavy atom. The van der Waals surface area contributed by atoms with E-state index in [4.69, 9.17) is 4.89 Å². The third kappa shape index (κ3) is 0.966. The first kappa shape index (κ1) is 9.67. The monoisotopic (exact) mass is 239 g/mol. The molecule has 1 N–H and O–H groups in total. The molecule has 1 saturated heterocycles. The summed E-state index contributed by atoms with van der Waals surface area (Å²) < 4.78 is 0. The van der Waals surface area contributed by atoms with E-state index in [1.807, 2.05) is 48.5 Å². The Balaban J connectivity index is 2.05. The first-order valence-corrected chi connectivity index (χ1v) is 5.68. The molecule has 1 fully saturated rings. The van der Waals surface area contributed by atoms with E-state index >= 15 is 0 Å². The molecule has 2 aliphatic heterocycles. The fourth-order valence-electron chi connectivity index (χ4n) is 2.56. The van der Waals surface area contributed by atoms with Crippen molar-refractivity contribution in [3.8, 4) is 0 Å². The van der Waals surface area contributed by atoms with Crippen molar-refractivity contribution >= 4 is 17.3 Å². The summed E-state index contributed by atoms with van der Waals surface area (Å²) in [6.07, 6.45) is 0. The molecule has 2 aromatic carbocycles. The Kier molecular flexibility index (Phi) is 1.67. The van der Waals surface area contributed by atoms with Crippen LogP contribution in [0.2, 0.25) is 0 Å². The van der Waals surface area contributed by atoms with Crippen LogP contribution in [0.4, 0.5) is 11.4 Å². The van der Waals surface area contributed by atoms with Gasteiger partial charge in [-0.05, 0) is 12.1 Å².